The fourth-order valence-corrected chi connectivity index (χ4v) is 4.24. The third-order valence-corrected chi connectivity index (χ3v) is 5.38. The number of carbonyl (C=O) groups excluding carboxylic acids is 1. The van der Waals surface area contributed by atoms with Gasteiger partial charge in [0.15, 0.2) is 5.82 Å². The third kappa shape index (κ3) is 4.87. The minimum absolute atomic E-state index is 0.0475. The summed E-state index contributed by atoms with van der Waals surface area (Å²) < 4.78 is 15.4. The lowest BCUT2D eigenvalue weighted by atomic mass is 10.00. The van der Waals surface area contributed by atoms with E-state index in [-0.39, 0.29) is 30.1 Å². The van der Waals surface area contributed by atoms with Crippen LogP contribution in [0.5, 0.6) is 5.75 Å². The van der Waals surface area contributed by atoms with E-state index in [0.717, 1.165) is 24.4 Å². The predicted molar refractivity (Wildman–Crippen MR) is 111 cm³/mol. The van der Waals surface area contributed by atoms with Gasteiger partial charge in [0, 0.05) is 30.2 Å². The Morgan fingerprint density at radius 1 is 1.25 bits per heavy atom. The van der Waals surface area contributed by atoms with Crippen molar-refractivity contribution in [2.75, 3.05) is 25.5 Å². The maximum absolute atomic E-state index is 13.0. The highest BCUT2D eigenvalue weighted by molar-refractivity contribution is 7.10. The monoisotopic (exact) mass is 404 g/mol. The van der Waals surface area contributed by atoms with E-state index < -0.39 is 0 Å². The third-order valence-electron chi connectivity index (χ3n) is 4.75. The molecule has 0 spiro atoms. The molecule has 2 heterocycles. The number of aromatic nitrogens is 2. The van der Waals surface area contributed by atoms with Crippen LogP contribution in [-0.2, 0) is 9.53 Å². The fourth-order valence-electron chi connectivity index (χ4n) is 3.65. The average Bonchev–Trinajstić information content (AvgIpc) is 3.09. The molecule has 1 N–H and O–H groups in total. The lowest BCUT2D eigenvalue weighted by molar-refractivity contribution is -0.130. The summed E-state index contributed by atoms with van der Waals surface area (Å²) in [6.07, 6.45) is 0.224. The van der Waals surface area contributed by atoms with Gasteiger partial charge in [-0.05, 0) is 44.0 Å². The van der Waals surface area contributed by atoms with Gasteiger partial charge in [-0.1, -0.05) is 13.8 Å². The number of nitrogens with one attached hydrogen (secondary N) is 1. The fraction of sp³-hybridized carbons (Fsp3) is 0.550. The highest BCUT2D eigenvalue weighted by Crippen LogP contribution is 2.25. The van der Waals surface area contributed by atoms with Crippen molar-refractivity contribution in [3.63, 3.8) is 0 Å². The highest BCUT2D eigenvalue weighted by atomic mass is 32.1. The van der Waals surface area contributed by atoms with Crippen molar-refractivity contribution in [2.45, 2.75) is 45.9 Å². The molecule has 8 heteroatoms. The smallest absolute Gasteiger partial charge is 0.243 e. The number of benzene rings is 1. The Morgan fingerprint density at radius 3 is 2.46 bits per heavy atom. The molecule has 7 nitrogen and oxygen atoms in total. The van der Waals surface area contributed by atoms with Crippen molar-refractivity contribution in [3.05, 3.63) is 24.3 Å². The molecule has 0 bridgehead atoms. The second kappa shape index (κ2) is 8.98. The normalized spacial score (nSPS) is 21.5. The highest BCUT2D eigenvalue weighted by Gasteiger charge is 2.34. The number of rotatable bonds is 6. The Kier molecular flexibility index (Phi) is 6.64. The van der Waals surface area contributed by atoms with Crippen LogP contribution < -0.4 is 10.1 Å². The Labute approximate surface area is 170 Å². The summed E-state index contributed by atoms with van der Waals surface area (Å²) in [6.45, 7) is 9.71. The first kappa shape index (κ1) is 20.7. The molecular formula is C20H28N4O3S. The van der Waals surface area contributed by atoms with Crippen molar-refractivity contribution >= 4 is 22.6 Å². The zero-order valence-electron chi connectivity index (χ0n) is 17.0. The van der Waals surface area contributed by atoms with Gasteiger partial charge in [-0.15, -0.1) is 0 Å². The number of ether oxygens (including phenoxy) is 2. The number of nitrogens with zero attached hydrogens (tertiary/aromatic N) is 3. The van der Waals surface area contributed by atoms with Crippen LogP contribution in [0.1, 0.15) is 27.7 Å². The average molecular weight is 405 g/mol. The van der Waals surface area contributed by atoms with Crippen LogP contribution in [0.2, 0.25) is 0 Å². The minimum atomic E-state index is -0.234. The van der Waals surface area contributed by atoms with Crippen molar-refractivity contribution < 1.29 is 14.3 Å². The molecule has 3 atom stereocenters. The van der Waals surface area contributed by atoms with Gasteiger partial charge in [0.25, 0.3) is 0 Å². The Bertz CT molecular complexity index is 783. The molecule has 0 aliphatic carbocycles. The van der Waals surface area contributed by atoms with Gasteiger partial charge in [-0.2, -0.15) is 9.36 Å². The van der Waals surface area contributed by atoms with E-state index >= 15 is 0 Å². The molecule has 3 unspecified atom stereocenters. The van der Waals surface area contributed by atoms with Gasteiger partial charge in [0.2, 0.25) is 11.0 Å². The van der Waals surface area contributed by atoms with Gasteiger partial charge >= 0.3 is 0 Å². The number of amides is 1. The maximum Gasteiger partial charge on any atom is 0.243 e. The van der Waals surface area contributed by atoms with Crippen molar-refractivity contribution in [2.24, 2.45) is 5.92 Å². The molecule has 3 rings (SSSR count). The van der Waals surface area contributed by atoms with E-state index in [1.165, 1.54) is 11.5 Å². The number of hydrogen-bond donors (Lipinski definition) is 1. The van der Waals surface area contributed by atoms with E-state index in [2.05, 4.69) is 33.4 Å². The van der Waals surface area contributed by atoms with Crippen LogP contribution >= 0.6 is 11.5 Å². The quantitative estimate of drug-likeness (QED) is 0.796. The Balaban J connectivity index is 1.71. The van der Waals surface area contributed by atoms with Crippen molar-refractivity contribution in [3.8, 4) is 17.1 Å². The summed E-state index contributed by atoms with van der Waals surface area (Å²) >= 11 is 1.19. The van der Waals surface area contributed by atoms with Crippen LogP contribution in [0.25, 0.3) is 11.4 Å². The first-order chi connectivity index (χ1) is 13.4. The molecule has 1 saturated heterocycles. The molecule has 0 radical (unpaired) electrons. The number of anilines is 1. The van der Waals surface area contributed by atoms with Crippen LogP contribution in [0, 0.1) is 5.92 Å². The second-order valence-electron chi connectivity index (χ2n) is 7.54. The van der Waals surface area contributed by atoms with Crippen molar-refractivity contribution in [1.29, 1.82) is 0 Å². The van der Waals surface area contributed by atoms with E-state index in [1.54, 1.807) is 7.11 Å². The molecule has 1 aromatic carbocycles. The first-order valence-electron chi connectivity index (χ1n) is 9.56. The van der Waals surface area contributed by atoms with Gasteiger partial charge in [0.05, 0.1) is 25.4 Å². The lowest BCUT2D eigenvalue weighted by Crippen LogP contribution is -2.55. The molecule has 1 amide bonds. The van der Waals surface area contributed by atoms with E-state index in [1.807, 2.05) is 38.1 Å². The lowest BCUT2D eigenvalue weighted by Gasteiger charge is -2.40. The molecule has 0 saturated carbocycles. The molecule has 1 fully saturated rings. The van der Waals surface area contributed by atoms with Crippen LogP contribution in [0.4, 0.5) is 5.13 Å². The van der Waals surface area contributed by atoms with E-state index in [9.17, 15) is 4.79 Å². The zero-order valence-corrected chi connectivity index (χ0v) is 17.8. The molecule has 1 aliphatic heterocycles. The zero-order chi connectivity index (χ0) is 20.3. The Morgan fingerprint density at radius 2 is 1.89 bits per heavy atom. The van der Waals surface area contributed by atoms with Gasteiger partial charge in [-0.3, -0.25) is 15.0 Å². The SMILES string of the molecule is COc1ccc(-c2nsc(NC(=O)C(C(C)C)N3CC(C)OC(C)C3)n2)cc1. The number of methoxy groups -OCH3 is 1. The predicted octanol–water partition coefficient (Wildman–Crippen LogP) is 3.29. The van der Waals surface area contributed by atoms with E-state index in [0.29, 0.717) is 11.0 Å². The van der Waals surface area contributed by atoms with E-state index in [4.69, 9.17) is 9.47 Å². The largest absolute Gasteiger partial charge is 0.497 e. The summed E-state index contributed by atoms with van der Waals surface area (Å²) in [5.41, 5.74) is 0.883. The second-order valence-corrected chi connectivity index (χ2v) is 8.29. The molecule has 28 heavy (non-hydrogen) atoms. The maximum atomic E-state index is 13.0. The Hall–Kier alpha value is -2.03. The van der Waals surface area contributed by atoms with Crippen LogP contribution in [0.3, 0.4) is 0 Å². The topological polar surface area (TPSA) is 76.6 Å². The summed E-state index contributed by atoms with van der Waals surface area (Å²) in [5, 5.41) is 3.47. The van der Waals surface area contributed by atoms with Gasteiger partial charge in [0.1, 0.15) is 5.75 Å². The van der Waals surface area contributed by atoms with Crippen molar-refractivity contribution in [1.82, 2.24) is 14.3 Å². The molecule has 2 aromatic rings. The molecular weight excluding hydrogens is 376 g/mol. The summed E-state index contributed by atoms with van der Waals surface area (Å²) in [6, 6.07) is 7.30. The molecule has 1 aromatic heterocycles. The number of hydrogen-bond acceptors (Lipinski definition) is 7. The summed E-state index contributed by atoms with van der Waals surface area (Å²) in [5.74, 6) is 1.50. The number of carbonyl (C=O) groups is 1. The minimum Gasteiger partial charge on any atom is -0.497 e. The van der Waals surface area contributed by atoms with Gasteiger partial charge in [-0.25, -0.2) is 0 Å². The summed E-state index contributed by atoms with van der Waals surface area (Å²) in [7, 11) is 1.63. The standard InChI is InChI=1S/C20H28N4O3S/c1-12(2)17(24-10-13(3)27-14(4)11-24)19(25)22-20-21-18(23-28-20)15-6-8-16(26-5)9-7-15/h6-9,12-14,17H,10-11H2,1-5H3,(H,21,22,23,25). The van der Waals surface area contributed by atoms with Gasteiger partial charge < -0.3 is 9.47 Å². The van der Waals surface area contributed by atoms with Crippen LogP contribution in [-0.4, -0.2) is 58.6 Å². The summed E-state index contributed by atoms with van der Waals surface area (Å²) in [4.78, 5) is 19.7. The molecule has 152 valence electrons. The first-order valence-corrected chi connectivity index (χ1v) is 10.3. The number of morpholine rings is 1. The molecule has 1 aliphatic rings. The van der Waals surface area contributed by atoms with Crippen LogP contribution in [0.15, 0.2) is 24.3 Å².